The molecule has 0 saturated carbocycles. The number of benzene rings is 1. The van der Waals surface area contributed by atoms with Crippen molar-refractivity contribution in [2.75, 3.05) is 19.6 Å². The van der Waals surface area contributed by atoms with Crippen LogP contribution in [-0.2, 0) is 0 Å². The second-order valence-corrected chi connectivity index (χ2v) is 5.64. The van der Waals surface area contributed by atoms with Crippen molar-refractivity contribution >= 4 is 11.6 Å². The summed E-state index contributed by atoms with van der Waals surface area (Å²) in [5, 5.41) is 0.776. The van der Waals surface area contributed by atoms with Crippen LogP contribution in [-0.4, -0.2) is 24.5 Å². The lowest BCUT2D eigenvalue weighted by molar-refractivity contribution is 0.273. The number of likely N-dealkylation sites (tertiary alicyclic amines) is 1. The molecule has 1 saturated heterocycles. The number of halogens is 1. The van der Waals surface area contributed by atoms with Crippen LogP contribution in [0.4, 0.5) is 0 Å². The van der Waals surface area contributed by atoms with Gasteiger partial charge in [-0.2, -0.15) is 0 Å². The molecule has 0 bridgehead atoms. The molecule has 0 radical (unpaired) electrons. The van der Waals surface area contributed by atoms with Gasteiger partial charge in [-0.15, -0.1) is 0 Å². The summed E-state index contributed by atoms with van der Waals surface area (Å²) in [5.74, 6) is 0. The molecule has 2 N–H and O–H groups in total. The van der Waals surface area contributed by atoms with Crippen molar-refractivity contribution in [2.24, 2.45) is 5.73 Å². The second kappa shape index (κ2) is 7.13. The Balaban J connectivity index is 1.80. The van der Waals surface area contributed by atoms with Gasteiger partial charge in [0.15, 0.2) is 0 Å². The van der Waals surface area contributed by atoms with E-state index in [1.165, 1.54) is 44.3 Å². The Morgan fingerprint density at radius 3 is 2.28 bits per heavy atom. The van der Waals surface area contributed by atoms with Crippen molar-refractivity contribution in [1.82, 2.24) is 4.90 Å². The van der Waals surface area contributed by atoms with E-state index in [9.17, 15) is 0 Å². The molecular weight excluding hydrogens is 244 g/mol. The molecule has 1 aliphatic rings. The molecule has 1 fully saturated rings. The smallest absolute Gasteiger partial charge is 0.0406 e. The maximum Gasteiger partial charge on any atom is 0.0406 e. The highest BCUT2D eigenvalue weighted by atomic mass is 35.5. The molecule has 18 heavy (non-hydrogen) atoms. The minimum atomic E-state index is 0.130. The van der Waals surface area contributed by atoms with E-state index in [0.29, 0.717) is 0 Å². The maximum atomic E-state index is 6.23. The van der Waals surface area contributed by atoms with Crippen LogP contribution in [0, 0.1) is 0 Å². The fourth-order valence-corrected chi connectivity index (χ4v) is 2.68. The fraction of sp³-hybridized carbons (Fsp3) is 0.600. The number of hydrogen-bond acceptors (Lipinski definition) is 2. The normalized spacial score (nSPS) is 19.4. The number of hydrogen-bond donors (Lipinski definition) is 1. The van der Waals surface area contributed by atoms with E-state index < -0.39 is 0 Å². The molecule has 3 heteroatoms. The first-order chi connectivity index (χ1) is 8.75. The maximum absolute atomic E-state index is 6.23. The Hall–Kier alpha value is -0.570. The molecule has 100 valence electrons. The SMILES string of the molecule is NC(CCN1CCCCCC1)c1ccc(Cl)cc1. The molecule has 0 spiro atoms. The first-order valence-electron chi connectivity index (χ1n) is 6.99. The van der Waals surface area contributed by atoms with Crippen molar-refractivity contribution in [3.8, 4) is 0 Å². The topological polar surface area (TPSA) is 29.3 Å². The molecular formula is C15H23ClN2. The minimum absolute atomic E-state index is 0.130. The molecule has 0 aromatic heterocycles. The largest absolute Gasteiger partial charge is 0.324 e. The summed E-state index contributed by atoms with van der Waals surface area (Å²) in [5.41, 5.74) is 7.42. The lowest BCUT2D eigenvalue weighted by atomic mass is 10.0. The van der Waals surface area contributed by atoms with Gasteiger partial charge in [-0.25, -0.2) is 0 Å². The van der Waals surface area contributed by atoms with Crippen molar-refractivity contribution in [2.45, 2.75) is 38.1 Å². The highest BCUT2D eigenvalue weighted by Crippen LogP contribution is 2.18. The summed E-state index contributed by atoms with van der Waals surface area (Å²) in [6.45, 7) is 3.60. The third-order valence-corrected chi connectivity index (χ3v) is 4.01. The zero-order valence-electron chi connectivity index (χ0n) is 10.9. The summed E-state index contributed by atoms with van der Waals surface area (Å²) in [6, 6.07) is 8.04. The van der Waals surface area contributed by atoms with E-state index in [2.05, 4.69) is 4.90 Å². The van der Waals surface area contributed by atoms with Crippen LogP contribution in [0.25, 0.3) is 0 Å². The van der Waals surface area contributed by atoms with Crippen molar-refractivity contribution in [3.63, 3.8) is 0 Å². The summed E-state index contributed by atoms with van der Waals surface area (Å²) in [4.78, 5) is 2.56. The number of nitrogens with zero attached hydrogens (tertiary/aromatic N) is 1. The molecule has 0 amide bonds. The minimum Gasteiger partial charge on any atom is -0.324 e. The first kappa shape index (κ1) is 13.9. The summed E-state index contributed by atoms with van der Waals surface area (Å²) in [6.07, 6.45) is 6.49. The van der Waals surface area contributed by atoms with Gasteiger partial charge in [-0.05, 0) is 56.6 Å². The Morgan fingerprint density at radius 2 is 1.67 bits per heavy atom. The molecule has 1 heterocycles. The van der Waals surface area contributed by atoms with Crippen molar-refractivity contribution < 1.29 is 0 Å². The monoisotopic (exact) mass is 266 g/mol. The van der Waals surface area contributed by atoms with Gasteiger partial charge < -0.3 is 10.6 Å². The summed E-state index contributed by atoms with van der Waals surface area (Å²) >= 11 is 5.88. The van der Waals surface area contributed by atoms with Crippen molar-refractivity contribution in [3.05, 3.63) is 34.9 Å². The van der Waals surface area contributed by atoms with Gasteiger partial charge in [-0.3, -0.25) is 0 Å². The van der Waals surface area contributed by atoms with Gasteiger partial charge in [0.25, 0.3) is 0 Å². The molecule has 2 rings (SSSR count). The molecule has 1 unspecified atom stereocenters. The van der Waals surface area contributed by atoms with Crippen LogP contribution in [0.2, 0.25) is 5.02 Å². The third-order valence-electron chi connectivity index (χ3n) is 3.75. The van der Waals surface area contributed by atoms with Crippen LogP contribution >= 0.6 is 11.6 Å². The van der Waals surface area contributed by atoms with Gasteiger partial charge in [0.2, 0.25) is 0 Å². The van der Waals surface area contributed by atoms with E-state index in [0.717, 1.165) is 18.0 Å². The second-order valence-electron chi connectivity index (χ2n) is 5.20. The lowest BCUT2D eigenvalue weighted by Crippen LogP contribution is -2.28. The third kappa shape index (κ3) is 4.27. The van der Waals surface area contributed by atoms with E-state index in [1.54, 1.807) is 0 Å². The van der Waals surface area contributed by atoms with Gasteiger partial charge in [-0.1, -0.05) is 36.6 Å². The Kier molecular flexibility index (Phi) is 5.48. The van der Waals surface area contributed by atoms with Crippen LogP contribution in [0.15, 0.2) is 24.3 Å². The number of rotatable bonds is 4. The van der Waals surface area contributed by atoms with E-state index >= 15 is 0 Å². The van der Waals surface area contributed by atoms with Gasteiger partial charge in [0, 0.05) is 11.1 Å². The van der Waals surface area contributed by atoms with Gasteiger partial charge in [0.05, 0.1) is 0 Å². The molecule has 0 aliphatic carbocycles. The van der Waals surface area contributed by atoms with Crippen LogP contribution in [0.3, 0.4) is 0 Å². The first-order valence-corrected chi connectivity index (χ1v) is 7.37. The van der Waals surface area contributed by atoms with Crippen molar-refractivity contribution in [1.29, 1.82) is 0 Å². The highest BCUT2D eigenvalue weighted by molar-refractivity contribution is 6.30. The van der Waals surface area contributed by atoms with E-state index in [4.69, 9.17) is 17.3 Å². The molecule has 1 aromatic rings. The molecule has 2 nitrogen and oxygen atoms in total. The molecule has 1 aromatic carbocycles. The predicted octanol–water partition coefficient (Wildman–Crippen LogP) is 3.61. The molecule has 1 aliphatic heterocycles. The Bertz CT molecular complexity index is 342. The number of nitrogens with two attached hydrogens (primary N) is 1. The standard InChI is InChI=1S/C15H23ClN2/c16-14-7-5-13(6-8-14)15(17)9-12-18-10-3-1-2-4-11-18/h5-8,15H,1-4,9-12,17H2. The van der Waals surface area contributed by atoms with Crippen LogP contribution in [0.5, 0.6) is 0 Å². The van der Waals surface area contributed by atoms with E-state index in [-0.39, 0.29) is 6.04 Å². The average Bonchev–Trinajstić information content (AvgIpc) is 2.65. The fourth-order valence-electron chi connectivity index (χ4n) is 2.56. The van der Waals surface area contributed by atoms with Crippen LogP contribution < -0.4 is 5.73 Å². The van der Waals surface area contributed by atoms with Gasteiger partial charge in [0.1, 0.15) is 0 Å². The Morgan fingerprint density at radius 1 is 1.06 bits per heavy atom. The Labute approximate surface area is 115 Å². The van der Waals surface area contributed by atoms with E-state index in [1.807, 2.05) is 24.3 Å². The lowest BCUT2D eigenvalue weighted by Gasteiger charge is -2.22. The van der Waals surface area contributed by atoms with Gasteiger partial charge >= 0.3 is 0 Å². The highest BCUT2D eigenvalue weighted by Gasteiger charge is 2.11. The quantitative estimate of drug-likeness (QED) is 0.902. The summed E-state index contributed by atoms with van der Waals surface area (Å²) in [7, 11) is 0. The zero-order valence-corrected chi connectivity index (χ0v) is 11.7. The average molecular weight is 267 g/mol. The zero-order chi connectivity index (χ0) is 12.8. The summed E-state index contributed by atoms with van der Waals surface area (Å²) < 4.78 is 0. The predicted molar refractivity (Wildman–Crippen MR) is 77.9 cm³/mol. The van der Waals surface area contributed by atoms with Crippen LogP contribution in [0.1, 0.15) is 43.7 Å². The molecule has 1 atom stereocenters.